The molecule has 0 bridgehead atoms. The molecule has 2 aliphatic rings. The van der Waals surface area contributed by atoms with Gasteiger partial charge >= 0.3 is 0 Å². The number of carbonyl (C=O) groups is 1. The van der Waals surface area contributed by atoms with E-state index in [1.54, 1.807) is 0 Å². The first kappa shape index (κ1) is 10.9. The van der Waals surface area contributed by atoms with Crippen LogP contribution in [0.3, 0.4) is 0 Å². The Kier molecular flexibility index (Phi) is 3.29. The second-order valence-corrected chi connectivity index (χ2v) is 5.20. The molecule has 2 saturated carbocycles. The Bertz CT molecular complexity index is 230. The summed E-state index contributed by atoms with van der Waals surface area (Å²) in [6, 6.07) is 0.896. The Morgan fingerprint density at radius 2 is 2.00 bits per heavy atom. The number of carbonyl (C=O) groups excluding carboxylic acids is 1. The van der Waals surface area contributed by atoms with E-state index in [1.165, 1.54) is 25.7 Å². The van der Waals surface area contributed by atoms with Gasteiger partial charge in [-0.25, -0.2) is 0 Å². The summed E-state index contributed by atoms with van der Waals surface area (Å²) in [5.74, 6) is 1.14. The van der Waals surface area contributed by atoms with Crippen LogP contribution in [0.15, 0.2) is 0 Å². The van der Waals surface area contributed by atoms with Crippen LogP contribution in [0.1, 0.15) is 39.5 Å². The van der Waals surface area contributed by atoms with Gasteiger partial charge in [-0.05, 0) is 52.0 Å². The SMILES string of the molecule is CC(C)N(C(=O)CNCC1CC1)C1CC1. The molecule has 2 aliphatic carbocycles. The van der Waals surface area contributed by atoms with E-state index < -0.39 is 0 Å². The molecule has 0 spiro atoms. The summed E-state index contributed by atoms with van der Waals surface area (Å²) in [7, 11) is 0. The van der Waals surface area contributed by atoms with Gasteiger partial charge in [0.15, 0.2) is 0 Å². The van der Waals surface area contributed by atoms with Gasteiger partial charge in [0.2, 0.25) is 5.91 Å². The van der Waals surface area contributed by atoms with Crippen molar-refractivity contribution >= 4 is 5.91 Å². The molecule has 0 aliphatic heterocycles. The monoisotopic (exact) mass is 210 g/mol. The number of nitrogens with zero attached hydrogens (tertiary/aromatic N) is 1. The Labute approximate surface area is 92.2 Å². The average molecular weight is 210 g/mol. The standard InChI is InChI=1S/C12H22N2O/c1-9(2)14(11-5-6-11)12(15)8-13-7-10-3-4-10/h9-11,13H,3-8H2,1-2H3. The largest absolute Gasteiger partial charge is 0.336 e. The molecule has 3 heteroatoms. The van der Waals surface area contributed by atoms with E-state index in [4.69, 9.17) is 0 Å². The molecule has 0 saturated heterocycles. The summed E-state index contributed by atoms with van der Waals surface area (Å²) in [6.45, 7) is 5.78. The Hall–Kier alpha value is -0.570. The van der Waals surface area contributed by atoms with Crippen LogP contribution in [0.2, 0.25) is 0 Å². The van der Waals surface area contributed by atoms with Gasteiger partial charge in [0.1, 0.15) is 0 Å². The van der Waals surface area contributed by atoms with Crippen molar-refractivity contribution in [2.75, 3.05) is 13.1 Å². The van der Waals surface area contributed by atoms with Crippen molar-refractivity contribution in [1.29, 1.82) is 0 Å². The zero-order chi connectivity index (χ0) is 10.8. The van der Waals surface area contributed by atoms with E-state index >= 15 is 0 Å². The molecule has 0 aromatic carbocycles. The quantitative estimate of drug-likeness (QED) is 0.718. The highest BCUT2D eigenvalue weighted by Gasteiger charge is 2.33. The molecule has 15 heavy (non-hydrogen) atoms. The first-order valence-electron chi connectivity index (χ1n) is 6.20. The predicted molar refractivity (Wildman–Crippen MR) is 60.6 cm³/mol. The lowest BCUT2D eigenvalue weighted by Gasteiger charge is -2.26. The lowest BCUT2D eigenvalue weighted by Crippen LogP contribution is -2.44. The second-order valence-electron chi connectivity index (χ2n) is 5.20. The minimum absolute atomic E-state index is 0.285. The molecular formula is C12H22N2O. The molecule has 0 aromatic heterocycles. The Morgan fingerprint density at radius 3 is 2.47 bits per heavy atom. The van der Waals surface area contributed by atoms with Crippen LogP contribution in [0.4, 0.5) is 0 Å². The van der Waals surface area contributed by atoms with E-state index in [-0.39, 0.29) is 5.91 Å². The van der Waals surface area contributed by atoms with Crippen LogP contribution >= 0.6 is 0 Å². The Morgan fingerprint density at radius 1 is 1.33 bits per heavy atom. The topological polar surface area (TPSA) is 32.3 Å². The number of hydrogen-bond donors (Lipinski definition) is 1. The molecule has 2 fully saturated rings. The van der Waals surface area contributed by atoms with Gasteiger partial charge in [-0.15, -0.1) is 0 Å². The molecular weight excluding hydrogens is 188 g/mol. The van der Waals surface area contributed by atoms with Gasteiger partial charge in [0.05, 0.1) is 6.54 Å². The van der Waals surface area contributed by atoms with Crippen LogP contribution in [0.25, 0.3) is 0 Å². The molecule has 0 atom stereocenters. The lowest BCUT2D eigenvalue weighted by molar-refractivity contribution is -0.132. The van der Waals surface area contributed by atoms with Gasteiger partial charge in [-0.1, -0.05) is 0 Å². The smallest absolute Gasteiger partial charge is 0.237 e. The van der Waals surface area contributed by atoms with Crippen LogP contribution in [0.5, 0.6) is 0 Å². The van der Waals surface area contributed by atoms with E-state index in [0.29, 0.717) is 18.6 Å². The third-order valence-corrected chi connectivity index (χ3v) is 3.19. The summed E-state index contributed by atoms with van der Waals surface area (Å²) in [5.41, 5.74) is 0. The summed E-state index contributed by atoms with van der Waals surface area (Å²) < 4.78 is 0. The van der Waals surface area contributed by atoms with E-state index in [0.717, 1.165) is 12.5 Å². The maximum Gasteiger partial charge on any atom is 0.237 e. The third kappa shape index (κ3) is 3.20. The van der Waals surface area contributed by atoms with Crippen molar-refractivity contribution in [3.05, 3.63) is 0 Å². The van der Waals surface area contributed by atoms with Gasteiger partial charge in [-0.3, -0.25) is 4.79 Å². The molecule has 0 aromatic rings. The fourth-order valence-corrected chi connectivity index (χ4v) is 2.06. The van der Waals surface area contributed by atoms with E-state index in [9.17, 15) is 4.79 Å². The summed E-state index contributed by atoms with van der Waals surface area (Å²) in [5, 5.41) is 3.27. The van der Waals surface area contributed by atoms with Crippen molar-refractivity contribution in [3.63, 3.8) is 0 Å². The lowest BCUT2D eigenvalue weighted by atomic mass is 10.3. The fourth-order valence-electron chi connectivity index (χ4n) is 2.06. The molecule has 1 N–H and O–H groups in total. The van der Waals surface area contributed by atoms with Crippen molar-refractivity contribution in [2.24, 2.45) is 5.92 Å². The highest BCUT2D eigenvalue weighted by atomic mass is 16.2. The zero-order valence-corrected chi connectivity index (χ0v) is 9.83. The van der Waals surface area contributed by atoms with Gasteiger partial charge in [0.25, 0.3) is 0 Å². The maximum atomic E-state index is 11.9. The number of amides is 1. The molecule has 86 valence electrons. The zero-order valence-electron chi connectivity index (χ0n) is 9.83. The minimum atomic E-state index is 0.285. The molecule has 0 radical (unpaired) electrons. The number of rotatable bonds is 6. The number of nitrogens with one attached hydrogen (secondary N) is 1. The van der Waals surface area contributed by atoms with Crippen molar-refractivity contribution in [1.82, 2.24) is 10.2 Å². The summed E-state index contributed by atoms with van der Waals surface area (Å²) in [6.07, 6.45) is 5.09. The molecule has 1 amide bonds. The highest BCUT2D eigenvalue weighted by molar-refractivity contribution is 5.79. The van der Waals surface area contributed by atoms with Crippen LogP contribution in [-0.2, 0) is 4.79 Å². The van der Waals surface area contributed by atoms with Gasteiger partial charge < -0.3 is 10.2 Å². The molecule has 3 nitrogen and oxygen atoms in total. The van der Waals surface area contributed by atoms with Gasteiger partial charge in [-0.2, -0.15) is 0 Å². The minimum Gasteiger partial charge on any atom is -0.336 e. The molecule has 0 heterocycles. The summed E-state index contributed by atoms with van der Waals surface area (Å²) in [4.78, 5) is 14.0. The average Bonchev–Trinajstić information content (AvgIpc) is 2.97. The third-order valence-electron chi connectivity index (χ3n) is 3.19. The second kappa shape index (κ2) is 4.52. The fraction of sp³-hybridized carbons (Fsp3) is 0.917. The maximum absolute atomic E-state index is 11.9. The van der Waals surface area contributed by atoms with Crippen molar-refractivity contribution in [3.8, 4) is 0 Å². The van der Waals surface area contributed by atoms with Crippen LogP contribution in [0, 0.1) is 5.92 Å². The summed E-state index contributed by atoms with van der Waals surface area (Å²) >= 11 is 0. The highest BCUT2D eigenvalue weighted by Crippen LogP contribution is 2.29. The van der Waals surface area contributed by atoms with Crippen LogP contribution < -0.4 is 5.32 Å². The Balaban J connectivity index is 1.71. The predicted octanol–water partition coefficient (Wildman–Crippen LogP) is 1.39. The van der Waals surface area contributed by atoms with Crippen molar-refractivity contribution < 1.29 is 4.79 Å². The first-order valence-corrected chi connectivity index (χ1v) is 6.20. The molecule has 0 unspecified atom stereocenters. The number of hydrogen-bond acceptors (Lipinski definition) is 2. The van der Waals surface area contributed by atoms with Crippen LogP contribution in [-0.4, -0.2) is 36.0 Å². The van der Waals surface area contributed by atoms with E-state index in [1.807, 2.05) is 0 Å². The first-order chi connectivity index (χ1) is 7.18. The molecule has 2 rings (SSSR count). The van der Waals surface area contributed by atoms with Crippen molar-refractivity contribution in [2.45, 2.75) is 51.6 Å². The normalized spacial score (nSPS) is 20.7. The van der Waals surface area contributed by atoms with Gasteiger partial charge in [0, 0.05) is 12.1 Å². The van der Waals surface area contributed by atoms with E-state index in [2.05, 4.69) is 24.1 Å².